The number of ether oxygens (including phenoxy) is 3. The fourth-order valence-corrected chi connectivity index (χ4v) is 2.98. The Morgan fingerprint density at radius 1 is 1.27 bits per heavy atom. The minimum atomic E-state index is -0.329. The van der Waals surface area contributed by atoms with Crippen molar-refractivity contribution in [2.45, 2.75) is 20.3 Å². The molecule has 118 valence electrons. The molecule has 0 atom stereocenters. The van der Waals surface area contributed by atoms with Crippen LogP contribution in [-0.2, 0) is 11.2 Å². The van der Waals surface area contributed by atoms with Crippen LogP contribution in [0.1, 0.15) is 32.9 Å². The van der Waals surface area contributed by atoms with Crippen molar-refractivity contribution >= 4 is 17.3 Å². The highest BCUT2D eigenvalue weighted by Crippen LogP contribution is 2.29. The smallest absolute Gasteiger partial charge is 0.350 e. The number of aryl methyl sites for hydroxylation is 1. The molecule has 0 bridgehead atoms. The van der Waals surface area contributed by atoms with Crippen molar-refractivity contribution < 1.29 is 19.0 Å². The van der Waals surface area contributed by atoms with E-state index in [1.807, 2.05) is 25.1 Å². The topological polar surface area (TPSA) is 57.7 Å². The normalized spacial score (nSPS) is 10.4. The highest BCUT2D eigenvalue weighted by molar-refractivity contribution is 7.13. The zero-order chi connectivity index (χ0) is 16.1. The van der Waals surface area contributed by atoms with Crippen molar-refractivity contribution in [1.82, 2.24) is 4.98 Å². The van der Waals surface area contributed by atoms with Crippen molar-refractivity contribution in [3.63, 3.8) is 0 Å². The maximum Gasteiger partial charge on any atom is 0.350 e. The number of methoxy groups -OCH3 is 2. The van der Waals surface area contributed by atoms with Gasteiger partial charge in [-0.3, -0.25) is 0 Å². The summed E-state index contributed by atoms with van der Waals surface area (Å²) >= 11 is 1.35. The number of aromatic nitrogens is 1. The Morgan fingerprint density at radius 2 is 2.05 bits per heavy atom. The van der Waals surface area contributed by atoms with Crippen molar-refractivity contribution in [2.24, 2.45) is 0 Å². The van der Waals surface area contributed by atoms with E-state index in [2.05, 4.69) is 4.98 Å². The lowest BCUT2D eigenvalue weighted by Gasteiger charge is -2.10. The standard InChI is InChI=1S/C16H19NO4S/c1-5-21-16(18)15-13(17-10(2)22-15)9-11-8-12(19-3)6-7-14(11)20-4/h6-8H,5,9H2,1-4H3. The van der Waals surface area contributed by atoms with E-state index in [0.717, 1.165) is 22.1 Å². The third-order valence-electron chi connectivity index (χ3n) is 3.11. The second-order valence-electron chi connectivity index (χ2n) is 4.58. The quantitative estimate of drug-likeness (QED) is 0.765. The summed E-state index contributed by atoms with van der Waals surface area (Å²) in [6.07, 6.45) is 0.485. The van der Waals surface area contributed by atoms with Gasteiger partial charge in [0.15, 0.2) is 0 Å². The first-order valence-corrected chi connectivity index (χ1v) is 7.75. The molecule has 0 N–H and O–H groups in total. The summed E-state index contributed by atoms with van der Waals surface area (Å²) < 4.78 is 15.7. The van der Waals surface area contributed by atoms with Gasteiger partial charge in [-0.1, -0.05) is 0 Å². The van der Waals surface area contributed by atoms with Crippen LogP contribution in [0.4, 0.5) is 0 Å². The summed E-state index contributed by atoms with van der Waals surface area (Å²) in [5.74, 6) is 1.15. The van der Waals surface area contributed by atoms with Crippen molar-refractivity contribution in [3.05, 3.63) is 39.3 Å². The molecular formula is C16H19NO4S. The first-order valence-electron chi connectivity index (χ1n) is 6.93. The van der Waals surface area contributed by atoms with Crippen LogP contribution in [0, 0.1) is 6.92 Å². The Kier molecular flexibility index (Phi) is 5.38. The molecule has 1 aromatic heterocycles. The summed E-state index contributed by atoms with van der Waals surface area (Å²) in [6.45, 7) is 4.01. The van der Waals surface area contributed by atoms with E-state index < -0.39 is 0 Å². The first-order chi connectivity index (χ1) is 10.6. The lowest BCUT2D eigenvalue weighted by molar-refractivity contribution is 0.0530. The summed E-state index contributed by atoms with van der Waals surface area (Å²) in [6, 6.07) is 5.57. The summed E-state index contributed by atoms with van der Waals surface area (Å²) in [7, 11) is 3.23. The molecule has 0 spiro atoms. The van der Waals surface area contributed by atoms with Gasteiger partial charge in [-0.15, -0.1) is 11.3 Å². The predicted octanol–water partition coefficient (Wildman–Crippen LogP) is 3.24. The third-order valence-corrected chi connectivity index (χ3v) is 4.10. The minimum absolute atomic E-state index is 0.329. The molecule has 6 heteroatoms. The molecule has 1 heterocycles. The molecule has 0 unspecified atom stereocenters. The van der Waals surface area contributed by atoms with Crippen LogP contribution in [0.2, 0.25) is 0 Å². The molecule has 1 aromatic carbocycles. The summed E-state index contributed by atoms with van der Waals surface area (Å²) in [4.78, 5) is 17.0. The van der Waals surface area contributed by atoms with Crippen molar-refractivity contribution in [3.8, 4) is 11.5 Å². The van der Waals surface area contributed by atoms with Gasteiger partial charge in [0.25, 0.3) is 0 Å². The molecule has 0 saturated carbocycles. The summed E-state index contributed by atoms with van der Waals surface area (Å²) in [5, 5.41) is 0.833. The van der Waals surface area contributed by atoms with Crippen LogP contribution >= 0.6 is 11.3 Å². The fraction of sp³-hybridized carbons (Fsp3) is 0.375. The molecule has 0 fully saturated rings. The van der Waals surface area contributed by atoms with Gasteiger partial charge in [-0.05, 0) is 32.0 Å². The number of rotatable bonds is 6. The van der Waals surface area contributed by atoms with Gasteiger partial charge in [0.05, 0.1) is 31.5 Å². The Balaban J connectivity index is 2.36. The van der Waals surface area contributed by atoms with Crippen molar-refractivity contribution in [1.29, 1.82) is 0 Å². The lowest BCUT2D eigenvalue weighted by atomic mass is 10.1. The Morgan fingerprint density at radius 3 is 2.68 bits per heavy atom. The Bertz CT molecular complexity index is 666. The van der Waals surface area contributed by atoms with E-state index in [1.165, 1.54) is 11.3 Å². The van der Waals surface area contributed by atoms with Crippen LogP contribution < -0.4 is 9.47 Å². The zero-order valence-corrected chi connectivity index (χ0v) is 14.0. The van der Waals surface area contributed by atoms with Crippen LogP contribution in [0.15, 0.2) is 18.2 Å². The highest BCUT2D eigenvalue weighted by atomic mass is 32.1. The molecule has 22 heavy (non-hydrogen) atoms. The molecular weight excluding hydrogens is 302 g/mol. The molecule has 0 saturated heterocycles. The molecule has 0 amide bonds. The molecule has 0 radical (unpaired) electrons. The van der Waals surface area contributed by atoms with Crippen LogP contribution in [-0.4, -0.2) is 31.8 Å². The van der Waals surface area contributed by atoms with E-state index in [9.17, 15) is 4.79 Å². The Labute approximate surface area is 133 Å². The second-order valence-corrected chi connectivity index (χ2v) is 5.79. The average molecular weight is 321 g/mol. The molecule has 0 aliphatic heterocycles. The molecule has 0 aliphatic rings. The second kappa shape index (κ2) is 7.26. The largest absolute Gasteiger partial charge is 0.497 e. The molecule has 2 aromatic rings. The van der Waals surface area contributed by atoms with Crippen LogP contribution in [0.25, 0.3) is 0 Å². The molecule has 0 aliphatic carbocycles. The number of carbonyl (C=O) groups excluding carboxylic acids is 1. The maximum absolute atomic E-state index is 12.0. The van der Waals surface area contributed by atoms with E-state index in [0.29, 0.717) is 23.6 Å². The van der Waals surface area contributed by atoms with Gasteiger partial charge in [-0.2, -0.15) is 0 Å². The number of nitrogens with zero attached hydrogens (tertiary/aromatic N) is 1. The number of carbonyl (C=O) groups is 1. The fourth-order valence-electron chi connectivity index (χ4n) is 2.15. The number of hydrogen-bond donors (Lipinski definition) is 0. The van der Waals surface area contributed by atoms with E-state index in [4.69, 9.17) is 14.2 Å². The number of esters is 1. The lowest BCUT2D eigenvalue weighted by Crippen LogP contribution is -2.06. The summed E-state index contributed by atoms with van der Waals surface area (Å²) in [5.41, 5.74) is 1.62. The van der Waals surface area contributed by atoms with Gasteiger partial charge < -0.3 is 14.2 Å². The number of hydrogen-bond acceptors (Lipinski definition) is 6. The SMILES string of the molecule is CCOC(=O)c1sc(C)nc1Cc1cc(OC)ccc1OC. The zero-order valence-electron chi connectivity index (χ0n) is 13.1. The van der Waals surface area contributed by atoms with Gasteiger partial charge >= 0.3 is 5.97 Å². The third kappa shape index (κ3) is 3.57. The molecule has 2 rings (SSSR count). The average Bonchev–Trinajstić information content (AvgIpc) is 2.88. The first kappa shape index (κ1) is 16.3. The number of benzene rings is 1. The maximum atomic E-state index is 12.0. The monoisotopic (exact) mass is 321 g/mol. The van der Waals surface area contributed by atoms with Crippen LogP contribution in [0.5, 0.6) is 11.5 Å². The minimum Gasteiger partial charge on any atom is -0.497 e. The Hall–Kier alpha value is -2.08. The van der Waals surface area contributed by atoms with Gasteiger partial charge in [-0.25, -0.2) is 9.78 Å². The van der Waals surface area contributed by atoms with E-state index in [-0.39, 0.29) is 5.97 Å². The van der Waals surface area contributed by atoms with E-state index >= 15 is 0 Å². The van der Waals surface area contributed by atoms with Crippen molar-refractivity contribution in [2.75, 3.05) is 20.8 Å². The molecule has 5 nitrogen and oxygen atoms in total. The van der Waals surface area contributed by atoms with Gasteiger partial charge in [0, 0.05) is 12.0 Å². The van der Waals surface area contributed by atoms with E-state index in [1.54, 1.807) is 21.1 Å². The predicted molar refractivity (Wildman–Crippen MR) is 85.2 cm³/mol. The van der Waals surface area contributed by atoms with Gasteiger partial charge in [0.1, 0.15) is 16.4 Å². The van der Waals surface area contributed by atoms with Gasteiger partial charge in [0.2, 0.25) is 0 Å². The highest BCUT2D eigenvalue weighted by Gasteiger charge is 2.19. The van der Waals surface area contributed by atoms with Crippen LogP contribution in [0.3, 0.4) is 0 Å². The number of thiazole rings is 1.